The minimum absolute atomic E-state index is 0.0185. The van der Waals surface area contributed by atoms with E-state index in [-0.39, 0.29) is 5.69 Å². The lowest BCUT2D eigenvalue weighted by Gasteiger charge is -2.22. The molecule has 0 bridgehead atoms. The quantitative estimate of drug-likeness (QED) is 0.426. The summed E-state index contributed by atoms with van der Waals surface area (Å²) in [5.74, 6) is 5.85. The van der Waals surface area contributed by atoms with Gasteiger partial charge in [-0.05, 0) is 24.8 Å². The fraction of sp³-hybridized carbons (Fsp3) is 0.500. The van der Waals surface area contributed by atoms with Gasteiger partial charge in [-0.3, -0.25) is 16.0 Å². The Balaban J connectivity index is 2.02. The molecule has 0 radical (unpaired) electrons. The zero-order valence-electron chi connectivity index (χ0n) is 10.6. The van der Waals surface area contributed by atoms with E-state index in [1.54, 1.807) is 6.07 Å². The van der Waals surface area contributed by atoms with Gasteiger partial charge in [0.1, 0.15) is 0 Å². The topological polar surface area (TPSA) is 102 Å². The van der Waals surface area contributed by atoms with E-state index in [1.807, 2.05) is 0 Å². The van der Waals surface area contributed by atoms with Gasteiger partial charge in [-0.25, -0.2) is 0 Å². The third-order valence-electron chi connectivity index (χ3n) is 3.23. The van der Waals surface area contributed by atoms with Crippen LogP contribution in [0.3, 0.4) is 0 Å². The van der Waals surface area contributed by atoms with Crippen LogP contribution in [0.1, 0.15) is 12.8 Å². The number of nitrogens with two attached hydrogens (primary N) is 1. The highest BCUT2D eigenvalue weighted by Gasteiger charge is 2.14. The SMILES string of the molecule is NNc1cc(NCC2CCOCC2)cc([N+](=O)[O-])c1. The number of nitrogens with one attached hydrogen (secondary N) is 2. The number of nitro groups is 1. The molecular weight excluding hydrogens is 248 g/mol. The first-order chi connectivity index (χ1) is 9.19. The van der Waals surface area contributed by atoms with Crippen LogP contribution >= 0.6 is 0 Å². The van der Waals surface area contributed by atoms with E-state index in [0.717, 1.165) is 32.6 Å². The molecule has 1 aromatic carbocycles. The van der Waals surface area contributed by atoms with Crippen LogP contribution in [0, 0.1) is 16.0 Å². The second-order valence-electron chi connectivity index (χ2n) is 4.61. The molecule has 1 heterocycles. The van der Waals surface area contributed by atoms with E-state index >= 15 is 0 Å². The van der Waals surface area contributed by atoms with Crippen molar-refractivity contribution < 1.29 is 9.66 Å². The Morgan fingerprint density at radius 3 is 2.63 bits per heavy atom. The molecule has 0 aliphatic carbocycles. The van der Waals surface area contributed by atoms with Crippen molar-refractivity contribution in [3.8, 4) is 0 Å². The van der Waals surface area contributed by atoms with Crippen LogP contribution in [0.5, 0.6) is 0 Å². The molecule has 1 aliphatic rings. The fourth-order valence-corrected chi connectivity index (χ4v) is 2.11. The van der Waals surface area contributed by atoms with Crippen molar-refractivity contribution in [2.24, 2.45) is 11.8 Å². The molecule has 1 aromatic rings. The van der Waals surface area contributed by atoms with E-state index in [4.69, 9.17) is 10.6 Å². The second-order valence-corrected chi connectivity index (χ2v) is 4.61. The molecule has 0 spiro atoms. The number of ether oxygens (including phenoxy) is 1. The molecule has 1 fully saturated rings. The van der Waals surface area contributed by atoms with E-state index in [0.29, 0.717) is 17.3 Å². The van der Waals surface area contributed by atoms with Gasteiger partial charge < -0.3 is 15.5 Å². The largest absolute Gasteiger partial charge is 0.384 e. The van der Waals surface area contributed by atoms with E-state index in [9.17, 15) is 10.1 Å². The summed E-state index contributed by atoms with van der Waals surface area (Å²) in [5.41, 5.74) is 3.67. The smallest absolute Gasteiger partial charge is 0.273 e. The molecule has 4 N–H and O–H groups in total. The van der Waals surface area contributed by atoms with Crippen LogP contribution in [-0.2, 0) is 4.74 Å². The van der Waals surface area contributed by atoms with Crippen LogP contribution in [-0.4, -0.2) is 24.7 Å². The van der Waals surface area contributed by atoms with Gasteiger partial charge in [-0.2, -0.15) is 0 Å². The summed E-state index contributed by atoms with van der Waals surface area (Å²) in [7, 11) is 0. The monoisotopic (exact) mass is 266 g/mol. The Morgan fingerprint density at radius 2 is 2.00 bits per heavy atom. The Morgan fingerprint density at radius 1 is 1.32 bits per heavy atom. The van der Waals surface area contributed by atoms with E-state index in [2.05, 4.69) is 10.7 Å². The Kier molecular flexibility index (Phi) is 4.53. The standard InChI is InChI=1S/C12H18N4O3/c13-15-11-5-10(6-12(7-11)16(17)18)14-8-9-1-3-19-4-2-9/h5-7,9,14-15H,1-4,8,13H2. The number of nitrogen functional groups attached to an aromatic ring is 1. The third kappa shape index (κ3) is 3.80. The molecule has 7 nitrogen and oxygen atoms in total. The number of hydrogen-bond acceptors (Lipinski definition) is 6. The molecule has 1 aliphatic heterocycles. The summed E-state index contributed by atoms with van der Waals surface area (Å²) in [6.07, 6.45) is 2.04. The van der Waals surface area contributed by atoms with Gasteiger partial charge in [-0.15, -0.1) is 0 Å². The molecule has 0 amide bonds. The van der Waals surface area contributed by atoms with Crippen LogP contribution in [0.4, 0.5) is 17.1 Å². The van der Waals surface area contributed by atoms with Crippen LogP contribution in [0.15, 0.2) is 18.2 Å². The molecule has 0 aromatic heterocycles. The molecule has 104 valence electrons. The van der Waals surface area contributed by atoms with Gasteiger partial charge >= 0.3 is 0 Å². The number of hydrogen-bond donors (Lipinski definition) is 3. The highest BCUT2D eigenvalue weighted by Crippen LogP contribution is 2.24. The highest BCUT2D eigenvalue weighted by atomic mass is 16.6. The van der Waals surface area contributed by atoms with Crippen molar-refractivity contribution >= 4 is 17.1 Å². The third-order valence-corrected chi connectivity index (χ3v) is 3.23. The average Bonchev–Trinajstić information content (AvgIpc) is 2.45. The molecule has 2 rings (SSSR count). The highest BCUT2D eigenvalue weighted by molar-refractivity contribution is 5.63. The maximum absolute atomic E-state index is 10.8. The predicted molar refractivity (Wildman–Crippen MR) is 72.9 cm³/mol. The number of nitro benzene ring substituents is 1. The zero-order valence-corrected chi connectivity index (χ0v) is 10.6. The molecule has 19 heavy (non-hydrogen) atoms. The zero-order chi connectivity index (χ0) is 13.7. The number of benzene rings is 1. The molecule has 7 heteroatoms. The summed E-state index contributed by atoms with van der Waals surface area (Å²) < 4.78 is 5.30. The number of rotatable bonds is 5. The lowest BCUT2D eigenvalue weighted by molar-refractivity contribution is -0.384. The van der Waals surface area contributed by atoms with Crippen LogP contribution < -0.4 is 16.6 Å². The summed E-state index contributed by atoms with van der Waals surface area (Å²) in [6.45, 7) is 2.36. The summed E-state index contributed by atoms with van der Waals surface area (Å²) in [6, 6.07) is 4.67. The maximum atomic E-state index is 10.8. The molecule has 1 saturated heterocycles. The number of anilines is 2. The van der Waals surface area contributed by atoms with Crippen molar-refractivity contribution in [1.29, 1.82) is 0 Å². The number of hydrazine groups is 1. The van der Waals surface area contributed by atoms with Crippen LogP contribution in [0.2, 0.25) is 0 Å². The Hall–Kier alpha value is -1.86. The predicted octanol–water partition coefficient (Wildman–Crippen LogP) is 1.72. The van der Waals surface area contributed by atoms with Gasteiger partial charge in [0.25, 0.3) is 5.69 Å². The van der Waals surface area contributed by atoms with Crippen molar-refractivity contribution in [1.82, 2.24) is 0 Å². The van der Waals surface area contributed by atoms with Gasteiger partial charge in [0, 0.05) is 37.6 Å². The van der Waals surface area contributed by atoms with Gasteiger partial charge in [0.2, 0.25) is 0 Å². The van der Waals surface area contributed by atoms with Crippen molar-refractivity contribution in [2.45, 2.75) is 12.8 Å². The first-order valence-corrected chi connectivity index (χ1v) is 6.27. The second kappa shape index (κ2) is 6.35. The summed E-state index contributed by atoms with van der Waals surface area (Å²) >= 11 is 0. The molecular formula is C12H18N4O3. The average molecular weight is 266 g/mol. The van der Waals surface area contributed by atoms with Crippen LogP contribution in [0.25, 0.3) is 0 Å². The van der Waals surface area contributed by atoms with E-state index in [1.165, 1.54) is 12.1 Å². The molecule has 0 atom stereocenters. The first kappa shape index (κ1) is 13.6. The van der Waals surface area contributed by atoms with Gasteiger partial charge in [0.15, 0.2) is 0 Å². The lowest BCUT2D eigenvalue weighted by atomic mass is 10.0. The fourth-order valence-electron chi connectivity index (χ4n) is 2.11. The molecule has 0 saturated carbocycles. The lowest BCUT2D eigenvalue weighted by Crippen LogP contribution is -2.22. The maximum Gasteiger partial charge on any atom is 0.273 e. The molecule has 0 unspecified atom stereocenters. The normalized spacial score (nSPS) is 16.1. The minimum atomic E-state index is -0.430. The minimum Gasteiger partial charge on any atom is -0.384 e. The van der Waals surface area contributed by atoms with E-state index < -0.39 is 4.92 Å². The van der Waals surface area contributed by atoms with Gasteiger partial charge in [-0.1, -0.05) is 0 Å². The number of non-ortho nitro benzene ring substituents is 1. The summed E-state index contributed by atoms with van der Waals surface area (Å²) in [4.78, 5) is 10.4. The van der Waals surface area contributed by atoms with Crippen molar-refractivity contribution in [3.05, 3.63) is 28.3 Å². The Bertz CT molecular complexity index is 447. The Labute approximate surface area is 111 Å². The van der Waals surface area contributed by atoms with Crippen molar-refractivity contribution in [3.63, 3.8) is 0 Å². The van der Waals surface area contributed by atoms with Crippen molar-refractivity contribution in [2.75, 3.05) is 30.5 Å². The first-order valence-electron chi connectivity index (χ1n) is 6.27. The summed E-state index contributed by atoms with van der Waals surface area (Å²) in [5, 5.41) is 14.0. The number of nitrogens with zero attached hydrogens (tertiary/aromatic N) is 1. The van der Waals surface area contributed by atoms with Gasteiger partial charge in [0.05, 0.1) is 10.6 Å².